The van der Waals surface area contributed by atoms with Crippen LogP contribution < -0.4 is 0 Å². The average molecular weight is 172 g/mol. The molecule has 2 rings (SSSR count). The fourth-order valence-corrected chi connectivity index (χ4v) is 2.38. The van der Waals surface area contributed by atoms with Gasteiger partial charge in [-0.3, -0.25) is 0 Å². The first-order valence-electron chi connectivity index (χ1n) is 5.09. The monoisotopic (exact) mass is 172 g/mol. The molecule has 2 atom stereocenters. The van der Waals surface area contributed by atoms with Crippen molar-refractivity contribution in [3.63, 3.8) is 0 Å². The van der Waals surface area contributed by atoms with Crippen LogP contribution in [0.15, 0.2) is 43.0 Å². The van der Waals surface area contributed by atoms with E-state index in [1.165, 1.54) is 24.8 Å². The van der Waals surface area contributed by atoms with E-state index >= 15 is 0 Å². The Hall–Kier alpha value is -1.04. The van der Waals surface area contributed by atoms with Crippen LogP contribution in [0.2, 0.25) is 0 Å². The van der Waals surface area contributed by atoms with Crippen molar-refractivity contribution in [2.75, 3.05) is 0 Å². The molecule has 13 heavy (non-hydrogen) atoms. The first-order valence-corrected chi connectivity index (χ1v) is 5.09. The first-order chi connectivity index (χ1) is 6.42. The van der Waals surface area contributed by atoms with Crippen LogP contribution in [0.4, 0.5) is 0 Å². The lowest BCUT2D eigenvalue weighted by molar-refractivity contribution is 0.592. The summed E-state index contributed by atoms with van der Waals surface area (Å²) in [4.78, 5) is 0. The van der Waals surface area contributed by atoms with Crippen molar-refractivity contribution < 1.29 is 0 Å². The molecule has 1 aliphatic rings. The molecule has 0 nitrogen and oxygen atoms in total. The van der Waals surface area contributed by atoms with E-state index in [9.17, 15) is 0 Å². The van der Waals surface area contributed by atoms with Crippen LogP contribution in [0.3, 0.4) is 0 Å². The predicted molar refractivity (Wildman–Crippen MR) is 56.7 cm³/mol. The minimum absolute atomic E-state index is 0.711. The molecule has 68 valence electrons. The molecular weight excluding hydrogens is 156 g/mol. The Bertz CT molecular complexity index is 273. The third kappa shape index (κ3) is 1.67. The molecule has 1 aromatic carbocycles. The Morgan fingerprint density at radius 3 is 2.62 bits per heavy atom. The zero-order valence-electron chi connectivity index (χ0n) is 7.95. The van der Waals surface area contributed by atoms with Crippen molar-refractivity contribution in [3.8, 4) is 0 Å². The second-order valence-corrected chi connectivity index (χ2v) is 3.85. The van der Waals surface area contributed by atoms with Gasteiger partial charge in [-0.2, -0.15) is 0 Å². The summed E-state index contributed by atoms with van der Waals surface area (Å²) in [6, 6.07) is 10.8. The highest BCUT2D eigenvalue weighted by Crippen LogP contribution is 2.39. The summed E-state index contributed by atoms with van der Waals surface area (Å²) < 4.78 is 0. The highest BCUT2D eigenvalue weighted by Gasteiger charge is 2.25. The van der Waals surface area contributed by atoms with Crippen LogP contribution >= 0.6 is 0 Å². The topological polar surface area (TPSA) is 0 Å². The van der Waals surface area contributed by atoms with Gasteiger partial charge in [-0.1, -0.05) is 42.8 Å². The van der Waals surface area contributed by atoms with Crippen molar-refractivity contribution in [3.05, 3.63) is 48.6 Å². The van der Waals surface area contributed by atoms with Gasteiger partial charge in [0.2, 0.25) is 0 Å². The van der Waals surface area contributed by atoms with E-state index < -0.39 is 0 Å². The van der Waals surface area contributed by atoms with Crippen molar-refractivity contribution in [1.29, 1.82) is 0 Å². The molecule has 1 saturated carbocycles. The van der Waals surface area contributed by atoms with Gasteiger partial charge in [-0.25, -0.2) is 0 Å². The number of benzene rings is 1. The molecule has 0 aromatic heterocycles. The smallest absolute Gasteiger partial charge is 0.00991 e. The van der Waals surface area contributed by atoms with Gasteiger partial charge >= 0.3 is 0 Å². The molecule has 0 bridgehead atoms. The van der Waals surface area contributed by atoms with Crippen molar-refractivity contribution in [2.24, 2.45) is 5.92 Å². The van der Waals surface area contributed by atoms with Gasteiger partial charge in [0.05, 0.1) is 0 Å². The first kappa shape index (κ1) is 8.55. The van der Waals surface area contributed by atoms with Crippen LogP contribution in [0.5, 0.6) is 0 Å². The Labute approximate surface area is 80.3 Å². The minimum atomic E-state index is 0.711. The minimum Gasteiger partial charge on any atom is -0.103 e. The quantitative estimate of drug-likeness (QED) is 0.596. The molecular formula is C13H16. The normalized spacial score (nSPS) is 27.4. The van der Waals surface area contributed by atoms with Crippen LogP contribution in [-0.2, 0) is 0 Å². The maximum absolute atomic E-state index is 3.92. The summed E-state index contributed by atoms with van der Waals surface area (Å²) >= 11 is 0. The van der Waals surface area contributed by atoms with E-state index in [1.54, 1.807) is 0 Å². The lowest BCUT2D eigenvalue weighted by atomic mass is 9.89. The van der Waals surface area contributed by atoms with Crippen LogP contribution in [-0.4, -0.2) is 0 Å². The summed E-state index contributed by atoms with van der Waals surface area (Å²) in [5, 5.41) is 0. The Morgan fingerprint density at radius 2 is 1.92 bits per heavy atom. The van der Waals surface area contributed by atoms with Gasteiger partial charge in [0.25, 0.3) is 0 Å². The predicted octanol–water partition coefficient (Wildman–Crippen LogP) is 3.76. The molecule has 0 heterocycles. The summed E-state index contributed by atoms with van der Waals surface area (Å²) in [7, 11) is 0. The Morgan fingerprint density at radius 1 is 1.15 bits per heavy atom. The molecule has 0 unspecified atom stereocenters. The van der Waals surface area contributed by atoms with Gasteiger partial charge in [0.15, 0.2) is 0 Å². The molecule has 0 saturated heterocycles. The van der Waals surface area contributed by atoms with Crippen LogP contribution in [0.1, 0.15) is 30.7 Å². The summed E-state index contributed by atoms with van der Waals surface area (Å²) in [6.45, 7) is 3.92. The number of rotatable bonds is 2. The number of allylic oxidation sites excluding steroid dienone is 1. The summed E-state index contributed by atoms with van der Waals surface area (Å²) in [6.07, 6.45) is 6.14. The average Bonchev–Trinajstić information content (AvgIpc) is 2.67. The second kappa shape index (κ2) is 3.78. The third-order valence-electron chi connectivity index (χ3n) is 3.10. The van der Waals surface area contributed by atoms with Crippen molar-refractivity contribution in [2.45, 2.75) is 25.2 Å². The molecule has 0 spiro atoms. The maximum Gasteiger partial charge on any atom is -0.00991 e. The van der Waals surface area contributed by atoms with E-state index in [0.717, 1.165) is 5.92 Å². The number of hydrogen-bond acceptors (Lipinski definition) is 0. The van der Waals surface area contributed by atoms with Gasteiger partial charge < -0.3 is 0 Å². The Balaban J connectivity index is 2.21. The standard InChI is InChI=1S/C13H16/c1-2-11-9-6-10-13(11)12-7-4-3-5-8-12/h2-5,7-8,11,13H,1,6,9-10H2/t11-,13+/m0/s1. The molecule has 0 radical (unpaired) electrons. The van der Waals surface area contributed by atoms with Crippen LogP contribution in [0, 0.1) is 5.92 Å². The highest BCUT2D eigenvalue weighted by molar-refractivity contribution is 5.22. The zero-order valence-corrected chi connectivity index (χ0v) is 7.95. The molecule has 0 N–H and O–H groups in total. The largest absolute Gasteiger partial charge is 0.103 e. The van der Waals surface area contributed by atoms with Gasteiger partial charge in [-0.05, 0) is 30.2 Å². The summed E-state index contributed by atoms with van der Waals surface area (Å²) in [5.74, 6) is 1.45. The van der Waals surface area contributed by atoms with E-state index in [-0.39, 0.29) is 0 Å². The fourth-order valence-electron chi connectivity index (χ4n) is 2.38. The third-order valence-corrected chi connectivity index (χ3v) is 3.10. The van der Waals surface area contributed by atoms with E-state index in [2.05, 4.69) is 43.0 Å². The van der Waals surface area contributed by atoms with Crippen molar-refractivity contribution in [1.82, 2.24) is 0 Å². The van der Waals surface area contributed by atoms with Gasteiger partial charge in [-0.15, -0.1) is 6.58 Å². The highest BCUT2D eigenvalue weighted by atomic mass is 14.3. The second-order valence-electron chi connectivity index (χ2n) is 3.85. The SMILES string of the molecule is C=C[C@H]1CCC[C@H]1c1ccccc1. The molecule has 0 aliphatic heterocycles. The maximum atomic E-state index is 3.92. The van der Waals surface area contributed by atoms with Crippen LogP contribution in [0.25, 0.3) is 0 Å². The zero-order chi connectivity index (χ0) is 9.10. The van der Waals surface area contributed by atoms with E-state index in [1.807, 2.05) is 0 Å². The van der Waals surface area contributed by atoms with Gasteiger partial charge in [0, 0.05) is 0 Å². The molecule has 1 fully saturated rings. The molecule has 1 aliphatic carbocycles. The molecule has 1 aromatic rings. The number of hydrogen-bond donors (Lipinski definition) is 0. The van der Waals surface area contributed by atoms with E-state index in [4.69, 9.17) is 0 Å². The van der Waals surface area contributed by atoms with Crippen molar-refractivity contribution >= 4 is 0 Å². The van der Waals surface area contributed by atoms with E-state index in [0.29, 0.717) is 5.92 Å². The Kier molecular flexibility index (Phi) is 2.49. The molecule has 0 heteroatoms. The lowest BCUT2D eigenvalue weighted by Crippen LogP contribution is -2.02. The summed E-state index contributed by atoms with van der Waals surface area (Å²) in [5.41, 5.74) is 1.49. The lowest BCUT2D eigenvalue weighted by Gasteiger charge is -2.15. The van der Waals surface area contributed by atoms with Gasteiger partial charge in [0.1, 0.15) is 0 Å². The fraction of sp³-hybridized carbons (Fsp3) is 0.385. The molecule has 0 amide bonds.